The minimum Gasteiger partial charge on any atom is -0.503 e. The Morgan fingerprint density at radius 1 is 1.53 bits per heavy atom. The van der Waals surface area contributed by atoms with Gasteiger partial charge in [-0.2, -0.15) is 0 Å². The van der Waals surface area contributed by atoms with Crippen molar-refractivity contribution >= 4 is 32.5 Å². The normalized spacial score (nSPS) is 10.2. The summed E-state index contributed by atoms with van der Waals surface area (Å²) in [5, 5.41) is 17.5. The van der Waals surface area contributed by atoms with E-state index in [4.69, 9.17) is 4.74 Å². The van der Waals surface area contributed by atoms with Crippen molar-refractivity contribution in [1.82, 2.24) is 9.59 Å². The molecule has 5 nitrogen and oxygen atoms in total. The van der Waals surface area contributed by atoms with Crippen LogP contribution in [0.1, 0.15) is 5.56 Å². The second-order valence-electron chi connectivity index (χ2n) is 3.26. The molecule has 1 aromatic heterocycles. The first kappa shape index (κ1) is 12.1. The maximum atomic E-state index is 9.66. The van der Waals surface area contributed by atoms with Gasteiger partial charge in [-0.05, 0) is 33.6 Å². The number of benzene rings is 1. The van der Waals surface area contributed by atoms with Crippen LogP contribution in [-0.2, 0) is 6.54 Å². The summed E-state index contributed by atoms with van der Waals surface area (Å²) in [6, 6.07) is 3.61. The van der Waals surface area contributed by atoms with Gasteiger partial charge in [0.2, 0.25) is 0 Å². The Balaban J connectivity index is 2.13. The highest BCUT2D eigenvalue weighted by molar-refractivity contribution is 9.10. The third kappa shape index (κ3) is 2.86. The molecular weight excluding hydrogens is 306 g/mol. The number of aromatic hydroxyl groups is 1. The zero-order chi connectivity index (χ0) is 12.3. The number of rotatable bonds is 4. The quantitative estimate of drug-likeness (QED) is 0.907. The van der Waals surface area contributed by atoms with E-state index in [2.05, 4.69) is 30.8 Å². The van der Waals surface area contributed by atoms with Crippen molar-refractivity contribution in [2.75, 3.05) is 12.4 Å². The first-order chi connectivity index (χ1) is 8.20. The third-order valence-electron chi connectivity index (χ3n) is 2.14. The first-order valence-corrected chi connectivity index (χ1v) is 6.34. The Morgan fingerprint density at radius 2 is 2.35 bits per heavy atom. The van der Waals surface area contributed by atoms with Gasteiger partial charge < -0.3 is 15.2 Å². The van der Waals surface area contributed by atoms with E-state index in [1.54, 1.807) is 12.3 Å². The number of methoxy groups -OCH3 is 1. The molecule has 0 aliphatic heterocycles. The summed E-state index contributed by atoms with van der Waals surface area (Å²) < 4.78 is 9.44. The number of nitrogens with zero attached hydrogens (tertiary/aromatic N) is 2. The monoisotopic (exact) mass is 315 g/mol. The Labute approximate surface area is 111 Å². The highest BCUT2D eigenvalue weighted by atomic mass is 79.9. The SMILES string of the molecule is COc1cc(CNc2cnns2)cc(Br)c1O. The van der Waals surface area contributed by atoms with Gasteiger partial charge in [-0.15, -0.1) is 5.10 Å². The summed E-state index contributed by atoms with van der Waals surface area (Å²) >= 11 is 4.57. The molecule has 0 atom stereocenters. The molecule has 0 aliphatic rings. The van der Waals surface area contributed by atoms with Crippen molar-refractivity contribution in [3.05, 3.63) is 28.4 Å². The molecular formula is C10H10BrN3O2S. The maximum Gasteiger partial charge on any atom is 0.172 e. The second kappa shape index (κ2) is 5.33. The van der Waals surface area contributed by atoms with Crippen LogP contribution in [0.4, 0.5) is 5.00 Å². The molecule has 2 rings (SSSR count). The summed E-state index contributed by atoms with van der Waals surface area (Å²) in [5.74, 6) is 0.550. The summed E-state index contributed by atoms with van der Waals surface area (Å²) in [5.41, 5.74) is 0.986. The number of hydrogen-bond donors (Lipinski definition) is 2. The van der Waals surface area contributed by atoms with Crippen molar-refractivity contribution in [1.29, 1.82) is 0 Å². The molecule has 1 heterocycles. The van der Waals surface area contributed by atoms with Gasteiger partial charge in [0, 0.05) is 18.1 Å². The van der Waals surface area contributed by atoms with E-state index < -0.39 is 0 Å². The van der Waals surface area contributed by atoms with Crippen LogP contribution in [0.5, 0.6) is 11.5 Å². The predicted octanol–water partition coefficient (Wildman–Crippen LogP) is 2.63. The van der Waals surface area contributed by atoms with Crippen LogP contribution in [0.15, 0.2) is 22.8 Å². The van der Waals surface area contributed by atoms with Crippen LogP contribution in [0.2, 0.25) is 0 Å². The van der Waals surface area contributed by atoms with Crippen LogP contribution in [0.3, 0.4) is 0 Å². The lowest BCUT2D eigenvalue weighted by molar-refractivity contribution is 0.371. The molecule has 0 aliphatic carbocycles. The average Bonchev–Trinajstić information content (AvgIpc) is 2.83. The Bertz CT molecular complexity index is 505. The Hall–Kier alpha value is -1.34. The van der Waals surface area contributed by atoms with Gasteiger partial charge in [0.25, 0.3) is 0 Å². The van der Waals surface area contributed by atoms with Gasteiger partial charge in [-0.25, -0.2) is 0 Å². The fourth-order valence-corrected chi connectivity index (χ4v) is 2.22. The minimum atomic E-state index is 0.107. The molecule has 90 valence electrons. The van der Waals surface area contributed by atoms with E-state index >= 15 is 0 Å². The van der Waals surface area contributed by atoms with Crippen LogP contribution >= 0.6 is 27.5 Å². The topological polar surface area (TPSA) is 67.3 Å². The summed E-state index contributed by atoms with van der Waals surface area (Å²) in [7, 11) is 1.52. The van der Waals surface area contributed by atoms with Gasteiger partial charge >= 0.3 is 0 Å². The number of phenolic OH excluding ortho intramolecular Hbond substituents is 1. The summed E-state index contributed by atoms with van der Waals surface area (Å²) in [6.07, 6.45) is 1.66. The molecule has 0 radical (unpaired) electrons. The smallest absolute Gasteiger partial charge is 0.172 e. The lowest BCUT2D eigenvalue weighted by atomic mass is 10.2. The van der Waals surface area contributed by atoms with Gasteiger partial charge in [0.1, 0.15) is 5.00 Å². The zero-order valence-corrected chi connectivity index (χ0v) is 11.4. The molecule has 7 heteroatoms. The fraction of sp³-hybridized carbons (Fsp3) is 0.200. The average molecular weight is 316 g/mol. The standard InChI is InChI=1S/C10H10BrN3O2S/c1-16-8-3-6(2-7(11)10(8)15)4-12-9-5-13-14-17-9/h2-3,5,12,15H,4H2,1H3. The molecule has 2 N–H and O–H groups in total. The molecule has 0 fully saturated rings. The lowest BCUT2D eigenvalue weighted by Crippen LogP contribution is -1.98. The van der Waals surface area contributed by atoms with Crippen molar-refractivity contribution in [2.45, 2.75) is 6.54 Å². The van der Waals surface area contributed by atoms with Gasteiger partial charge in [-0.1, -0.05) is 4.49 Å². The first-order valence-electron chi connectivity index (χ1n) is 4.77. The number of aromatic nitrogens is 2. The van der Waals surface area contributed by atoms with Crippen molar-refractivity contribution in [2.24, 2.45) is 0 Å². The minimum absolute atomic E-state index is 0.107. The van der Waals surface area contributed by atoms with E-state index in [-0.39, 0.29) is 5.75 Å². The van der Waals surface area contributed by atoms with Crippen LogP contribution < -0.4 is 10.1 Å². The van der Waals surface area contributed by atoms with E-state index in [1.165, 1.54) is 18.6 Å². The van der Waals surface area contributed by atoms with E-state index in [0.717, 1.165) is 10.6 Å². The van der Waals surface area contributed by atoms with Gasteiger partial charge in [0.15, 0.2) is 11.5 Å². The molecule has 2 aromatic rings. The highest BCUT2D eigenvalue weighted by Gasteiger charge is 2.08. The number of nitrogens with one attached hydrogen (secondary N) is 1. The molecule has 0 spiro atoms. The molecule has 0 unspecified atom stereocenters. The van der Waals surface area contributed by atoms with Crippen LogP contribution in [0.25, 0.3) is 0 Å². The number of ether oxygens (including phenoxy) is 1. The summed E-state index contributed by atoms with van der Waals surface area (Å²) in [4.78, 5) is 0. The van der Waals surface area contributed by atoms with E-state index in [1.807, 2.05) is 6.07 Å². The Morgan fingerprint density at radius 3 is 3.00 bits per heavy atom. The number of anilines is 1. The molecule has 17 heavy (non-hydrogen) atoms. The van der Waals surface area contributed by atoms with E-state index in [0.29, 0.717) is 16.8 Å². The Kier molecular flexibility index (Phi) is 3.80. The molecule has 1 aromatic carbocycles. The third-order valence-corrected chi connectivity index (χ3v) is 3.36. The maximum absolute atomic E-state index is 9.66. The van der Waals surface area contributed by atoms with Crippen LogP contribution in [0, 0.1) is 0 Å². The molecule has 0 saturated heterocycles. The van der Waals surface area contributed by atoms with Gasteiger partial charge in [-0.3, -0.25) is 0 Å². The fourth-order valence-electron chi connectivity index (χ4n) is 1.32. The van der Waals surface area contributed by atoms with Crippen molar-refractivity contribution < 1.29 is 9.84 Å². The van der Waals surface area contributed by atoms with Crippen molar-refractivity contribution in [3.63, 3.8) is 0 Å². The summed E-state index contributed by atoms with van der Waals surface area (Å²) in [6.45, 7) is 0.610. The molecule has 0 bridgehead atoms. The van der Waals surface area contributed by atoms with Crippen molar-refractivity contribution in [3.8, 4) is 11.5 Å². The van der Waals surface area contributed by atoms with Gasteiger partial charge in [0.05, 0.1) is 17.8 Å². The lowest BCUT2D eigenvalue weighted by Gasteiger charge is -2.09. The second-order valence-corrected chi connectivity index (χ2v) is 4.90. The number of halogens is 1. The molecule has 0 saturated carbocycles. The van der Waals surface area contributed by atoms with Crippen LogP contribution in [-0.4, -0.2) is 21.8 Å². The zero-order valence-electron chi connectivity index (χ0n) is 8.98. The predicted molar refractivity (Wildman–Crippen MR) is 69.6 cm³/mol. The number of phenols is 1. The molecule has 0 amide bonds. The number of hydrogen-bond acceptors (Lipinski definition) is 6. The van der Waals surface area contributed by atoms with E-state index in [9.17, 15) is 5.11 Å². The largest absolute Gasteiger partial charge is 0.503 e. The highest BCUT2D eigenvalue weighted by Crippen LogP contribution is 2.35.